The monoisotopic (exact) mass is 409 g/mol. The summed E-state index contributed by atoms with van der Waals surface area (Å²) >= 11 is 3.24. The molecule has 3 rings (SSSR count). The number of carbonyl (C=O) groups is 1. The van der Waals surface area contributed by atoms with Crippen molar-refractivity contribution in [2.24, 2.45) is 0 Å². The van der Waals surface area contributed by atoms with Crippen molar-refractivity contribution >= 4 is 42.8 Å². The molecular formula is C16H12BrNO5S. The Hall–Kier alpha value is -2.16. The number of carboxylic acids is 1. The Kier molecular flexibility index (Phi) is 4.20. The molecule has 0 aliphatic rings. The van der Waals surface area contributed by atoms with E-state index in [2.05, 4.69) is 15.9 Å². The number of aliphatic hydroxyl groups is 1. The Morgan fingerprint density at radius 2 is 1.79 bits per heavy atom. The molecule has 0 aliphatic heterocycles. The van der Waals surface area contributed by atoms with Crippen LogP contribution in [-0.2, 0) is 16.6 Å². The average molecular weight is 410 g/mol. The number of nitrogens with zero attached hydrogens (tertiary/aromatic N) is 1. The van der Waals surface area contributed by atoms with E-state index in [0.717, 1.165) is 14.6 Å². The van der Waals surface area contributed by atoms with E-state index in [1.807, 2.05) is 0 Å². The maximum atomic E-state index is 12.9. The number of benzene rings is 2. The van der Waals surface area contributed by atoms with Crippen molar-refractivity contribution in [3.8, 4) is 0 Å². The Bertz CT molecular complexity index is 1040. The van der Waals surface area contributed by atoms with Crippen LogP contribution in [0.25, 0.3) is 10.9 Å². The molecule has 2 aromatic carbocycles. The molecule has 0 atom stereocenters. The Morgan fingerprint density at radius 1 is 1.12 bits per heavy atom. The fraction of sp³-hybridized carbons (Fsp3) is 0.0625. The number of rotatable bonds is 4. The first-order chi connectivity index (χ1) is 11.4. The summed E-state index contributed by atoms with van der Waals surface area (Å²) in [5.41, 5.74) is 0.395. The third-order valence-corrected chi connectivity index (χ3v) is 5.87. The van der Waals surface area contributed by atoms with Gasteiger partial charge in [0.05, 0.1) is 22.6 Å². The molecule has 0 fully saturated rings. The van der Waals surface area contributed by atoms with Crippen LogP contribution in [0.3, 0.4) is 0 Å². The summed E-state index contributed by atoms with van der Waals surface area (Å²) in [4.78, 5) is 11.5. The van der Waals surface area contributed by atoms with E-state index < -0.39 is 16.0 Å². The molecule has 8 heteroatoms. The SMILES string of the molecule is O=C(O)c1cn(S(=O)(=O)c2ccc(Br)cc2)c2cccc(CO)c12. The lowest BCUT2D eigenvalue weighted by molar-refractivity contribution is 0.0699. The second-order valence-electron chi connectivity index (χ2n) is 5.07. The fourth-order valence-corrected chi connectivity index (χ4v) is 4.17. The van der Waals surface area contributed by atoms with Gasteiger partial charge < -0.3 is 10.2 Å². The number of fused-ring (bicyclic) bond motifs is 1. The summed E-state index contributed by atoms with van der Waals surface area (Å²) in [7, 11) is -3.97. The third kappa shape index (κ3) is 2.62. The van der Waals surface area contributed by atoms with Gasteiger partial charge >= 0.3 is 5.97 Å². The number of hydrogen-bond acceptors (Lipinski definition) is 4. The van der Waals surface area contributed by atoms with Crippen LogP contribution in [0, 0.1) is 0 Å². The number of halogens is 1. The van der Waals surface area contributed by atoms with Gasteiger partial charge in [-0.2, -0.15) is 0 Å². The van der Waals surface area contributed by atoms with Crippen LogP contribution in [0.15, 0.2) is 58.0 Å². The van der Waals surface area contributed by atoms with Gasteiger partial charge in [0, 0.05) is 16.1 Å². The standard InChI is InChI=1S/C16H12BrNO5S/c17-11-4-6-12(7-5-11)24(22,23)18-8-13(16(20)21)15-10(9-19)2-1-3-14(15)18/h1-8,19H,9H2,(H,20,21). The quantitative estimate of drug-likeness (QED) is 0.690. The lowest BCUT2D eigenvalue weighted by atomic mass is 10.1. The summed E-state index contributed by atoms with van der Waals surface area (Å²) in [5.74, 6) is -1.26. The molecule has 2 N–H and O–H groups in total. The summed E-state index contributed by atoms with van der Waals surface area (Å²) in [6, 6.07) is 10.7. The highest BCUT2D eigenvalue weighted by atomic mass is 79.9. The number of aromatic carboxylic acids is 1. The normalized spacial score (nSPS) is 11.8. The molecule has 0 bridgehead atoms. The molecule has 0 aliphatic carbocycles. The van der Waals surface area contributed by atoms with Crippen LogP contribution >= 0.6 is 15.9 Å². The molecule has 0 unspecified atom stereocenters. The highest BCUT2D eigenvalue weighted by Crippen LogP contribution is 2.29. The molecule has 124 valence electrons. The van der Waals surface area contributed by atoms with E-state index in [4.69, 9.17) is 0 Å². The van der Waals surface area contributed by atoms with Crippen molar-refractivity contribution in [1.29, 1.82) is 0 Å². The van der Waals surface area contributed by atoms with Gasteiger partial charge in [-0.1, -0.05) is 28.1 Å². The summed E-state index contributed by atoms with van der Waals surface area (Å²) in [6.07, 6.45) is 1.07. The van der Waals surface area contributed by atoms with Crippen molar-refractivity contribution < 1.29 is 23.4 Å². The van der Waals surface area contributed by atoms with E-state index in [-0.39, 0.29) is 28.0 Å². The first kappa shape index (κ1) is 16.7. The van der Waals surface area contributed by atoms with Gasteiger partial charge in [0.15, 0.2) is 0 Å². The molecule has 0 spiro atoms. The van der Waals surface area contributed by atoms with Crippen molar-refractivity contribution in [2.75, 3.05) is 0 Å². The van der Waals surface area contributed by atoms with E-state index in [9.17, 15) is 23.4 Å². The predicted molar refractivity (Wildman–Crippen MR) is 91.5 cm³/mol. The van der Waals surface area contributed by atoms with E-state index in [1.165, 1.54) is 18.2 Å². The average Bonchev–Trinajstić information content (AvgIpc) is 2.96. The minimum Gasteiger partial charge on any atom is -0.478 e. The smallest absolute Gasteiger partial charge is 0.337 e. The van der Waals surface area contributed by atoms with Crippen LogP contribution in [-0.4, -0.2) is 28.6 Å². The van der Waals surface area contributed by atoms with Gasteiger partial charge in [-0.15, -0.1) is 0 Å². The highest BCUT2D eigenvalue weighted by molar-refractivity contribution is 9.10. The largest absolute Gasteiger partial charge is 0.478 e. The predicted octanol–water partition coefficient (Wildman–Crippen LogP) is 2.83. The Balaban J connectivity index is 2.34. The van der Waals surface area contributed by atoms with Gasteiger partial charge in [0.25, 0.3) is 10.0 Å². The number of carboxylic acid groups (broad SMARTS) is 1. The van der Waals surface area contributed by atoms with Crippen molar-refractivity contribution in [3.05, 3.63) is 64.3 Å². The summed E-state index contributed by atoms with van der Waals surface area (Å²) in [6.45, 7) is -0.389. The Labute approximate surface area is 146 Å². The molecule has 1 aromatic heterocycles. The zero-order valence-corrected chi connectivity index (χ0v) is 14.6. The second kappa shape index (κ2) is 6.04. The van der Waals surface area contributed by atoms with Crippen LogP contribution < -0.4 is 0 Å². The lowest BCUT2D eigenvalue weighted by Crippen LogP contribution is -2.12. The van der Waals surface area contributed by atoms with Gasteiger partial charge in [-0.05, 0) is 35.9 Å². The molecule has 0 saturated carbocycles. The molecular weight excluding hydrogens is 398 g/mol. The fourth-order valence-electron chi connectivity index (χ4n) is 2.55. The van der Waals surface area contributed by atoms with Crippen molar-refractivity contribution in [2.45, 2.75) is 11.5 Å². The molecule has 1 heterocycles. The van der Waals surface area contributed by atoms with Gasteiger partial charge in [-0.3, -0.25) is 0 Å². The molecule has 3 aromatic rings. The van der Waals surface area contributed by atoms with Crippen molar-refractivity contribution in [1.82, 2.24) is 3.97 Å². The van der Waals surface area contributed by atoms with Crippen LogP contribution in [0.4, 0.5) is 0 Å². The van der Waals surface area contributed by atoms with E-state index in [0.29, 0.717) is 5.56 Å². The molecule has 0 saturated heterocycles. The lowest BCUT2D eigenvalue weighted by Gasteiger charge is -2.08. The third-order valence-electron chi connectivity index (χ3n) is 3.65. The van der Waals surface area contributed by atoms with Crippen molar-refractivity contribution in [3.63, 3.8) is 0 Å². The number of aromatic nitrogens is 1. The minimum absolute atomic E-state index is 0.0361. The molecule has 6 nitrogen and oxygen atoms in total. The maximum absolute atomic E-state index is 12.9. The number of hydrogen-bond donors (Lipinski definition) is 2. The van der Waals surface area contributed by atoms with Crippen LogP contribution in [0.1, 0.15) is 15.9 Å². The molecule has 24 heavy (non-hydrogen) atoms. The van der Waals surface area contributed by atoms with E-state index in [1.54, 1.807) is 24.3 Å². The molecule has 0 amide bonds. The van der Waals surface area contributed by atoms with Gasteiger partial charge in [-0.25, -0.2) is 17.2 Å². The minimum atomic E-state index is -3.97. The highest BCUT2D eigenvalue weighted by Gasteiger charge is 2.24. The first-order valence-corrected chi connectivity index (χ1v) is 9.08. The zero-order chi connectivity index (χ0) is 17.5. The number of aliphatic hydroxyl groups excluding tert-OH is 1. The first-order valence-electron chi connectivity index (χ1n) is 6.84. The topological polar surface area (TPSA) is 96.6 Å². The van der Waals surface area contributed by atoms with Gasteiger partial charge in [0.1, 0.15) is 0 Å². The second-order valence-corrected chi connectivity index (χ2v) is 7.80. The maximum Gasteiger partial charge on any atom is 0.337 e. The van der Waals surface area contributed by atoms with E-state index >= 15 is 0 Å². The summed E-state index contributed by atoms with van der Waals surface area (Å²) < 4.78 is 27.4. The van der Waals surface area contributed by atoms with Crippen LogP contribution in [0.2, 0.25) is 0 Å². The van der Waals surface area contributed by atoms with Gasteiger partial charge in [0.2, 0.25) is 0 Å². The van der Waals surface area contributed by atoms with Crippen LogP contribution in [0.5, 0.6) is 0 Å². The summed E-state index contributed by atoms with van der Waals surface area (Å²) in [5, 5.41) is 19.1. The zero-order valence-electron chi connectivity index (χ0n) is 12.2. The molecule has 0 radical (unpaired) electrons. The Morgan fingerprint density at radius 3 is 2.38 bits per heavy atom.